The standard InChI is InChI=1S/C14H15N5S/c1-18-12(7-9-15-18)8-10-19-13(16-17-14(19)20)11-5-3-2-4-6-11/h2-7,9H,8,10H2,1H3,(H,17,20). The third-order valence-electron chi connectivity index (χ3n) is 3.30. The van der Waals surface area contributed by atoms with Crippen LogP contribution in [0, 0.1) is 4.77 Å². The summed E-state index contributed by atoms with van der Waals surface area (Å²) < 4.78 is 4.55. The Hall–Kier alpha value is -2.21. The van der Waals surface area contributed by atoms with Crippen molar-refractivity contribution in [2.24, 2.45) is 7.05 Å². The number of nitrogens with one attached hydrogen (secondary N) is 1. The van der Waals surface area contributed by atoms with Crippen LogP contribution in [0.4, 0.5) is 0 Å². The first-order chi connectivity index (χ1) is 9.75. The van der Waals surface area contributed by atoms with Gasteiger partial charge in [-0.3, -0.25) is 14.3 Å². The van der Waals surface area contributed by atoms with Gasteiger partial charge in [0.2, 0.25) is 0 Å². The lowest BCUT2D eigenvalue weighted by Gasteiger charge is -2.07. The van der Waals surface area contributed by atoms with Crippen LogP contribution in [0.5, 0.6) is 0 Å². The second-order valence-corrected chi connectivity index (χ2v) is 4.95. The van der Waals surface area contributed by atoms with Crippen molar-refractivity contribution in [3.8, 4) is 11.4 Å². The fraction of sp³-hybridized carbons (Fsp3) is 0.214. The Morgan fingerprint density at radius 2 is 2.00 bits per heavy atom. The Labute approximate surface area is 121 Å². The summed E-state index contributed by atoms with van der Waals surface area (Å²) in [5, 5.41) is 11.4. The van der Waals surface area contributed by atoms with Crippen molar-refractivity contribution >= 4 is 12.2 Å². The molecule has 3 aromatic rings. The van der Waals surface area contributed by atoms with Gasteiger partial charge < -0.3 is 0 Å². The molecule has 2 heterocycles. The number of hydrogen-bond acceptors (Lipinski definition) is 3. The first-order valence-electron chi connectivity index (χ1n) is 6.43. The van der Waals surface area contributed by atoms with E-state index in [0.717, 1.165) is 24.4 Å². The van der Waals surface area contributed by atoms with Gasteiger partial charge in [-0.25, -0.2) is 0 Å². The van der Waals surface area contributed by atoms with Gasteiger partial charge in [0.15, 0.2) is 10.6 Å². The van der Waals surface area contributed by atoms with E-state index < -0.39 is 0 Å². The third-order valence-corrected chi connectivity index (χ3v) is 3.62. The fourth-order valence-electron chi connectivity index (χ4n) is 2.21. The fourth-order valence-corrected chi connectivity index (χ4v) is 2.43. The van der Waals surface area contributed by atoms with Crippen molar-refractivity contribution < 1.29 is 0 Å². The number of aromatic amines is 1. The summed E-state index contributed by atoms with van der Waals surface area (Å²) in [4.78, 5) is 0. The minimum Gasteiger partial charge on any atom is -0.300 e. The van der Waals surface area contributed by atoms with Crippen LogP contribution in [-0.4, -0.2) is 24.5 Å². The van der Waals surface area contributed by atoms with E-state index in [4.69, 9.17) is 12.2 Å². The van der Waals surface area contributed by atoms with Gasteiger partial charge in [0.25, 0.3) is 0 Å². The average molecular weight is 285 g/mol. The molecule has 0 atom stereocenters. The highest BCUT2D eigenvalue weighted by Gasteiger charge is 2.09. The molecule has 0 aliphatic rings. The summed E-state index contributed by atoms with van der Waals surface area (Å²) in [7, 11) is 1.95. The summed E-state index contributed by atoms with van der Waals surface area (Å²) in [6.45, 7) is 0.777. The second kappa shape index (κ2) is 5.42. The maximum Gasteiger partial charge on any atom is 0.195 e. The Bertz CT molecular complexity index is 753. The zero-order valence-corrected chi connectivity index (χ0v) is 12.0. The number of aryl methyl sites for hydroxylation is 2. The van der Waals surface area contributed by atoms with Crippen molar-refractivity contribution in [2.75, 3.05) is 0 Å². The van der Waals surface area contributed by atoms with E-state index in [1.165, 1.54) is 5.69 Å². The van der Waals surface area contributed by atoms with Gasteiger partial charge >= 0.3 is 0 Å². The number of rotatable bonds is 4. The Morgan fingerprint density at radius 1 is 1.20 bits per heavy atom. The minimum atomic E-state index is 0.644. The van der Waals surface area contributed by atoms with Crippen LogP contribution < -0.4 is 0 Å². The normalized spacial score (nSPS) is 10.8. The van der Waals surface area contributed by atoms with Crippen molar-refractivity contribution in [1.82, 2.24) is 24.5 Å². The van der Waals surface area contributed by atoms with Crippen LogP contribution in [0.15, 0.2) is 42.6 Å². The molecule has 0 amide bonds. The number of nitrogens with zero attached hydrogens (tertiary/aromatic N) is 4. The van der Waals surface area contributed by atoms with Crippen LogP contribution in [0.2, 0.25) is 0 Å². The molecular formula is C14H15N5S. The smallest absolute Gasteiger partial charge is 0.195 e. The highest BCUT2D eigenvalue weighted by Crippen LogP contribution is 2.17. The summed E-state index contributed by atoms with van der Waals surface area (Å²) >= 11 is 5.32. The van der Waals surface area contributed by atoms with Gasteiger partial charge in [0.1, 0.15) is 0 Å². The molecule has 0 saturated heterocycles. The lowest BCUT2D eigenvalue weighted by molar-refractivity contribution is 0.634. The van der Waals surface area contributed by atoms with Gasteiger partial charge in [0, 0.05) is 37.5 Å². The summed E-state index contributed by atoms with van der Waals surface area (Å²) in [6, 6.07) is 12.1. The van der Waals surface area contributed by atoms with E-state index in [0.29, 0.717) is 4.77 Å². The van der Waals surface area contributed by atoms with Crippen molar-refractivity contribution in [3.63, 3.8) is 0 Å². The third kappa shape index (κ3) is 2.42. The summed E-state index contributed by atoms with van der Waals surface area (Å²) in [5.74, 6) is 0.873. The zero-order valence-electron chi connectivity index (χ0n) is 11.2. The Balaban J connectivity index is 1.89. The lowest BCUT2D eigenvalue weighted by Crippen LogP contribution is -2.07. The number of hydrogen-bond donors (Lipinski definition) is 1. The number of aromatic nitrogens is 5. The molecule has 2 aromatic heterocycles. The topological polar surface area (TPSA) is 51.4 Å². The van der Waals surface area contributed by atoms with Crippen molar-refractivity contribution in [2.45, 2.75) is 13.0 Å². The largest absolute Gasteiger partial charge is 0.300 e. The predicted molar refractivity (Wildman–Crippen MR) is 79.8 cm³/mol. The molecule has 5 nitrogen and oxygen atoms in total. The van der Waals surface area contributed by atoms with Gasteiger partial charge in [0.05, 0.1) is 0 Å². The quantitative estimate of drug-likeness (QED) is 0.750. The number of benzene rings is 1. The van der Waals surface area contributed by atoms with Crippen LogP contribution in [0.1, 0.15) is 5.69 Å². The van der Waals surface area contributed by atoms with Gasteiger partial charge in [-0.2, -0.15) is 10.2 Å². The maximum absolute atomic E-state index is 5.32. The van der Waals surface area contributed by atoms with Crippen LogP contribution in [0.25, 0.3) is 11.4 Å². The second-order valence-electron chi connectivity index (χ2n) is 4.57. The molecule has 20 heavy (non-hydrogen) atoms. The van der Waals surface area contributed by atoms with E-state index >= 15 is 0 Å². The van der Waals surface area contributed by atoms with Crippen LogP contribution >= 0.6 is 12.2 Å². The SMILES string of the molecule is Cn1nccc1CCn1c(-c2ccccc2)n[nH]c1=S. The average Bonchev–Trinajstić information content (AvgIpc) is 3.04. The monoisotopic (exact) mass is 285 g/mol. The van der Waals surface area contributed by atoms with Crippen molar-refractivity contribution in [1.29, 1.82) is 0 Å². The molecule has 102 valence electrons. The van der Waals surface area contributed by atoms with E-state index in [-0.39, 0.29) is 0 Å². The van der Waals surface area contributed by atoms with Crippen LogP contribution in [-0.2, 0) is 20.0 Å². The van der Waals surface area contributed by atoms with Gasteiger partial charge in [-0.15, -0.1) is 0 Å². The van der Waals surface area contributed by atoms with Gasteiger partial charge in [-0.05, 0) is 18.3 Å². The molecule has 0 aliphatic heterocycles. The molecule has 0 spiro atoms. The first kappa shape index (κ1) is 12.8. The summed E-state index contributed by atoms with van der Waals surface area (Å²) in [5.41, 5.74) is 2.23. The molecule has 0 fully saturated rings. The van der Waals surface area contributed by atoms with Crippen molar-refractivity contribution in [3.05, 3.63) is 53.1 Å². The molecule has 0 radical (unpaired) electrons. The molecule has 1 aromatic carbocycles. The highest BCUT2D eigenvalue weighted by atomic mass is 32.1. The molecule has 3 rings (SSSR count). The first-order valence-corrected chi connectivity index (χ1v) is 6.84. The molecule has 1 N–H and O–H groups in total. The maximum atomic E-state index is 5.32. The van der Waals surface area contributed by atoms with E-state index in [1.54, 1.807) is 0 Å². The Kier molecular flexibility index (Phi) is 3.47. The lowest BCUT2D eigenvalue weighted by atomic mass is 10.2. The zero-order chi connectivity index (χ0) is 13.9. The molecule has 0 saturated carbocycles. The molecule has 0 unspecified atom stereocenters. The molecule has 6 heteroatoms. The minimum absolute atomic E-state index is 0.644. The summed E-state index contributed by atoms with van der Waals surface area (Å²) in [6.07, 6.45) is 2.67. The number of H-pyrrole nitrogens is 1. The van der Waals surface area contributed by atoms with Crippen LogP contribution in [0.3, 0.4) is 0 Å². The predicted octanol–water partition coefficient (Wildman–Crippen LogP) is 2.58. The Morgan fingerprint density at radius 3 is 2.70 bits per heavy atom. The van der Waals surface area contributed by atoms with E-state index in [1.807, 2.05) is 58.9 Å². The molecular weight excluding hydrogens is 270 g/mol. The van der Waals surface area contributed by atoms with E-state index in [9.17, 15) is 0 Å². The molecule has 0 bridgehead atoms. The van der Waals surface area contributed by atoms with E-state index in [2.05, 4.69) is 15.3 Å². The molecule has 0 aliphatic carbocycles. The van der Waals surface area contributed by atoms with Gasteiger partial charge in [-0.1, -0.05) is 30.3 Å². The highest BCUT2D eigenvalue weighted by molar-refractivity contribution is 7.71.